The molecule has 0 fully saturated rings. The number of rotatable bonds is 4. The van der Waals surface area contributed by atoms with Gasteiger partial charge in [-0.05, 0) is 63.9 Å². The Morgan fingerprint density at radius 2 is 2.21 bits per heavy atom. The number of carbonyl (C=O) groups excluding carboxylic acids is 1. The summed E-state index contributed by atoms with van der Waals surface area (Å²) in [4.78, 5) is 24.2. The van der Waals surface area contributed by atoms with E-state index in [-0.39, 0.29) is 28.2 Å². The number of halogens is 1. The molecule has 0 spiro atoms. The lowest BCUT2D eigenvalue weighted by Gasteiger charge is -2.33. The largest absolute Gasteiger partial charge is 0.404 e. The van der Waals surface area contributed by atoms with Crippen LogP contribution < -0.4 is 5.32 Å². The Morgan fingerprint density at radius 1 is 1.52 bits per heavy atom. The summed E-state index contributed by atoms with van der Waals surface area (Å²) in [5.41, 5.74) is 2.26. The Bertz CT molecular complexity index is 1030. The predicted molar refractivity (Wildman–Crippen MR) is 114 cm³/mol. The molecule has 2 heterocycles. The molecule has 1 atom stereocenters. The number of anilines is 1. The van der Waals surface area contributed by atoms with E-state index in [9.17, 15) is 20.2 Å². The average molecular weight is 480 g/mol. The van der Waals surface area contributed by atoms with Crippen LogP contribution in [0.25, 0.3) is 0 Å². The summed E-state index contributed by atoms with van der Waals surface area (Å²) in [6.45, 7) is 8.17. The fourth-order valence-corrected chi connectivity index (χ4v) is 5.34. The van der Waals surface area contributed by atoms with Crippen molar-refractivity contribution in [1.29, 1.82) is 5.26 Å². The van der Waals surface area contributed by atoms with Gasteiger partial charge in [0.15, 0.2) is 0 Å². The highest BCUT2D eigenvalue weighted by molar-refractivity contribution is 9.10. The van der Waals surface area contributed by atoms with Gasteiger partial charge in [-0.2, -0.15) is 9.94 Å². The highest BCUT2D eigenvalue weighted by Crippen LogP contribution is 2.44. The summed E-state index contributed by atoms with van der Waals surface area (Å²) in [5.74, 6) is -0.165. The van der Waals surface area contributed by atoms with E-state index in [4.69, 9.17) is 0 Å². The van der Waals surface area contributed by atoms with Gasteiger partial charge in [0.2, 0.25) is 5.91 Å². The molecule has 1 aliphatic rings. The van der Waals surface area contributed by atoms with Gasteiger partial charge in [-0.1, -0.05) is 20.8 Å². The van der Waals surface area contributed by atoms with Crippen molar-refractivity contribution in [2.24, 2.45) is 11.3 Å². The molecule has 0 saturated heterocycles. The number of aromatic nitrogens is 2. The van der Waals surface area contributed by atoms with Crippen molar-refractivity contribution in [2.75, 3.05) is 5.32 Å². The SMILES string of the molecule is Cc1c(Br)c([N+](=O)[O-])nn1CC(=O)Nc1sc2c(c1C#N)CC[C@@H](C(C)(C)C)C2. The van der Waals surface area contributed by atoms with Crippen LogP contribution in [0, 0.1) is 39.7 Å². The van der Waals surface area contributed by atoms with E-state index >= 15 is 0 Å². The predicted octanol–water partition coefficient (Wildman–Crippen LogP) is 4.59. The fraction of sp³-hybridized carbons (Fsp3) is 0.526. The topological polar surface area (TPSA) is 114 Å². The van der Waals surface area contributed by atoms with E-state index in [0.29, 0.717) is 22.2 Å². The van der Waals surface area contributed by atoms with Gasteiger partial charge in [-0.25, -0.2) is 0 Å². The van der Waals surface area contributed by atoms with Crippen molar-refractivity contribution >= 4 is 44.0 Å². The van der Waals surface area contributed by atoms with Crippen molar-refractivity contribution in [3.05, 3.63) is 36.3 Å². The van der Waals surface area contributed by atoms with Crippen LogP contribution in [0.3, 0.4) is 0 Å². The van der Waals surface area contributed by atoms with Gasteiger partial charge in [0.25, 0.3) is 0 Å². The second-order valence-electron chi connectivity index (χ2n) is 8.31. The zero-order valence-electron chi connectivity index (χ0n) is 16.7. The molecule has 154 valence electrons. The molecule has 0 bridgehead atoms. The lowest BCUT2D eigenvalue weighted by atomic mass is 9.72. The highest BCUT2D eigenvalue weighted by atomic mass is 79.9. The molecule has 0 radical (unpaired) electrons. The highest BCUT2D eigenvalue weighted by Gasteiger charge is 2.32. The number of amides is 1. The van der Waals surface area contributed by atoms with Gasteiger partial charge < -0.3 is 15.4 Å². The molecule has 1 amide bonds. The van der Waals surface area contributed by atoms with E-state index in [0.717, 1.165) is 29.7 Å². The van der Waals surface area contributed by atoms with E-state index < -0.39 is 4.92 Å². The van der Waals surface area contributed by atoms with Crippen molar-refractivity contribution < 1.29 is 9.72 Å². The lowest BCUT2D eigenvalue weighted by Crippen LogP contribution is -2.26. The van der Waals surface area contributed by atoms with Crippen LogP contribution in [0.4, 0.5) is 10.8 Å². The third kappa shape index (κ3) is 4.21. The second kappa shape index (κ2) is 7.88. The summed E-state index contributed by atoms with van der Waals surface area (Å²) in [6, 6.07) is 2.24. The zero-order valence-corrected chi connectivity index (χ0v) is 19.1. The lowest BCUT2D eigenvalue weighted by molar-refractivity contribution is -0.390. The third-order valence-corrected chi connectivity index (χ3v) is 7.54. The van der Waals surface area contributed by atoms with E-state index in [1.54, 1.807) is 6.92 Å². The summed E-state index contributed by atoms with van der Waals surface area (Å²) in [6.07, 6.45) is 2.77. The van der Waals surface area contributed by atoms with E-state index in [2.05, 4.69) is 53.2 Å². The summed E-state index contributed by atoms with van der Waals surface area (Å²) >= 11 is 4.60. The first-order valence-corrected chi connectivity index (χ1v) is 10.9. The van der Waals surface area contributed by atoms with Crippen LogP contribution >= 0.6 is 27.3 Å². The summed E-state index contributed by atoms with van der Waals surface area (Å²) in [5, 5.41) is 27.9. The maximum absolute atomic E-state index is 12.6. The molecule has 1 aliphatic carbocycles. The number of fused-ring (bicyclic) bond motifs is 1. The van der Waals surface area contributed by atoms with E-state index in [1.165, 1.54) is 16.0 Å². The number of carbonyl (C=O) groups is 1. The number of nitrogens with zero attached hydrogens (tertiary/aromatic N) is 4. The first kappa shape index (κ1) is 21.5. The molecule has 0 saturated carbocycles. The Kier molecular flexibility index (Phi) is 5.83. The summed E-state index contributed by atoms with van der Waals surface area (Å²) in [7, 11) is 0. The fourth-order valence-electron chi connectivity index (χ4n) is 3.61. The molecular formula is C19H22BrN5O3S. The van der Waals surface area contributed by atoms with Crippen molar-refractivity contribution in [3.63, 3.8) is 0 Å². The molecule has 0 aliphatic heterocycles. The monoisotopic (exact) mass is 479 g/mol. The van der Waals surface area contributed by atoms with Crippen LogP contribution in [0.15, 0.2) is 4.47 Å². The quantitative estimate of drug-likeness (QED) is 0.508. The van der Waals surface area contributed by atoms with Gasteiger partial charge in [0, 0.05) is 4.88 Å². The Hall–Kier alpha value is -2.25. The number of nitrogens with one attached hydrogen (secondary N) is 1. The normalized spacial score (nSPS) is 16.2. The molecule has 2 aromatic heterocycles. The van der Waals surface area contributed by atoms with Crippen LogP contribution in [-0.2, 0) is 24.2 Å². The minimum atomic E-state index is -0.599. The van der Waals surface area contributed by atoms with Crippen LogP contribution in [-0.4, -0.2) is 20.6 Å². The molecule has 0 aromatic carbocycles. The van der Waals surface area contributed by atoms with Gasteiger partial charge in [-0.3, -0.25) is 4.79 Å². The van der Waals surface area contributed by atoms with Crippen molar-refractivity contribution in [3.8, 4) is 6.07 Å². The van der Waals surface area contributed by atoms with Crippen molar-refractivity contribution in [2.45, 2.75) is 53.5 Å². The Morgan fingerprint density at radius 3 is 2.76 bits per heavy atom. The zero-order chi connectivity index (χ0) is 21.5. The minimum Gasteiger partial charge on any atom is -0.358 e. The first-order chi connectivity index (χ1) is 13.5. The molecule has 2 aromatic rings. The molecule has 1 N–H and O–H groups in total. The maximum Gasteiger partial charge on any atom is 0.404 e. The standard InChI is InChI=1S/C19H22BrN5O3S/c1-10-16(20)17(25(27)28)23-24(10)9-15(26)22-18-13(8-21)12-6-5-11(19(2,3)4)7-14(12)29-18/h11H,5-7,9H2,1-4H3,(H,22,26)/t11-/m1/s1. The average Bonchev–Trinajstić information content (AvgIpc) is 3.11. The van der Waals surface area contributed by atoms with Crippen LogP contribution in [0.5, 0.6) is 0 Å². The van der Waals surface area contributed by atoms with Crippen molar-refractivity contribution in [1.82, 2.24) is 9.78 Å². The van der Waals surface area contributed by atoms with Gasteiger partial charge >= 0.3 is 5.82 Å². The number of thiophene rings is 1. The smallest absolute Gasteiger partial charge is 0.358 e. The summed E-state index contributed by atoms with van der Waals surface area (Å²) < 4.78 is 1.54. The molecule has 3 rings (SSSR count). The molecule has 10 heteroatoms. The van der Waals surface area contributed by atoms with E-state index in [1.807, 2.05) is 0 Å². The minimum absolute atomic E-state index is 0.170. The second-order valence-corrected chi connectivity index (χ2v) is 10.2. The van der Waals surface area contributed by atoms with Gasteiger partial charge in [-0.15, -0.1) is 11.3 Å². The van der Waals surface area contributed by atoms with Gasteiger partial charge in [0.1, 0.15) is 22.1 Å². The number of hydrogen-bond acceptors (Lipinski definition) is 6. The number of hydrogen-bond donors (Lipinski definition) is 1. The molecular weight excluding hydrogens is 458 g/mol. The Labute approximate surface area is 181 Å². The van der Waals surface area contributed by atoms with Gasteiger partial charge in [0.05, 0.1) is 16.4 Å². The maximum atomic E-state index is 12.6. The molecule has 0 unspecified atom stereocenters. The molecule has 8 nitrogen and oxygen atoms in total. The van der Waals surface area contributed by atoms with Crippen LogP contribution in [0.2, 0.25) is 0 Å². The number of nitriles is 1. The Balaban J connectivity index is 1.80. The molecule has 29 heavy (non-hydrogen) atoms. The first-order valence-electron chi connectivity index (χ1n) is 9.24. The third-order valence-electron chi connectivity index (χ3n) is 5.44. The number of nitro groups is 1. The van der Waals surface area contributed by atoms with Crippen LogP contribution in [0.1, 0.15) is 48.9 Å².